The zero-order valence-corrected chi connectivity index (χ0v) is 27.2. The van der Waals surface area contributed by atoms with E-state index in [1.807, 2.05) is 24.6 Å². The van der Waals surface area contributed by atoms with E-state index in [0.717, 1.165) is 29.0 Å². The van der Waals surface area contributed by atoms with Crippen molar-refractivity contribution in [3.8, 4) is 11.3 Å². The van der Waals surface area contributed by atoms with Gasteiger partial charge < -0.3 is 15.0 Å². The number of β-amino-alcohol motifs (C(OH)–C–C–N with tert-alkyl or cyclic N) is 1. The molecule has 0 aliphatic carbocycles. The standard InChI is InChI=1S/C32H35N7O6S2/c1-32(2,35-18-28(40)24-7-6-8-25(17-24)37-47(44,45)26-9-4-3-5-10-26)15-16-38-20-27(34-21-38)22-11-13-23(14-12-22)30(41)36-31-33-19-29(46-31)39(42)43/h3-14,17,19-21,28,35,37,40,42-43H,15-16,18H2,1-2H3,(H,33,36,41)/t28-/m0/s1. The Morgan fingerprint density at radius 2 is 1.77 bits per heavy atom. The Morgan fingerprint density at radius 3 is 2.47 bits per heavy atom. The van der Waals surface area contributed by atoms with E-state index in [9.17, 15) is 18.3 Å². The van der Waals surface area contributed by atoms with Crippen molar-refractivity contribution >= 4 is 43.1 Å². The van der Waals surface area contributed by atoms with E-state index >= 15 is 0 Å². The van der Waals surface area contributed by atoms with E-state index in [1.54, 1.807) is 73.1 Å². The number of anilines is 3. The highest BCUT2D eigenvalue weighted by molar-refractivity contribution is 7.92. The summed E-state index contributed by atoms with van der Waals surface area (Å²) in [5.41, 5.74) is 2.61. The molecular formula is C32H35N7O6S2. The molecule has 2 heterocycles. The summed E-state index contributed by atoms with van der Waals surface area (Å²) in [5.74, 6) is -0.384. The monoisotopic (exact) mass is 677 g/mol. The summed E-state index contributed by atoms with van der Waals surface area (Å²) in [4.78, 5) is 21.2. The van der Waals surface area contributed by atoms with Crippen LogP contribution < -0.4 is 20.6 Å². The first-order chi connectivity index (χ1) is 22.4. The molecular weight excluding hydrogens is 643 g/mol. The second-order valence-corrected chi connectivity index (χ2v) is 14.1. The second kappa shape index (κ2) is 14.4. The van der Waals surface area contributed by atoms with Crippen LogP contribution in [-0.2, 0) is 16.6 Å². The van der Waals surface area contributed by atoms with Crippen LogP contribution in [0.25, 0.3) is 11.3 Å². The number of nitrogens with zero attached hydrogens (tertiary/aromatic N) is 4. The lowest BCUT2D eigenvalue weighted by Crippen LogP contribution is -2.42. The molecule has 3 aromatic carbocycles. The Labute approximate surface area is 276 Å². The Bertz CT molecular complexity index is 1910. The predicted molar refractivity (Wildman–Crippen MR) is 179 cm³/mol. The van der Waals surface area contributed by atoms with E-state index < -0.39 is 16.1 Å². The third kappa shape index (κ3) is 9.00. The van der Waals surface area contributed by atoms with E-state index in [2.05, 4.69) is 25.3 Å². The van der Waals surface area contributed by atoms with Crippen LogP contribution in [0.2, 0.25) is 0 Å². The number of sulfonamides is 1. The molecule has 0 aliphatic rings. The number of rotatable bonds is 14. The molecule has 1 atom stereocenters. The number of hydrogen-bond acceptors (Lipinski definition) is 11. The number of imidazole rings is 1. The van der Waals surface area contributed by atoms with Gasteiger partial charge in [-0.15, -0.1) is 5.23 Å². The molecule has 1 amide bonds. The first-order valence-electron chi connectivity index (χ1n) is 14.6. The van der Waals surface area contributed by atoms with Gasteiger partial charge in [-0.2, -0.15) is 0 Å². The van der Waals surface area contributed by atoms with Crippen LogP contribution in [0.4, 0.5) is 15.8 Å². The molecule has 2 aromatic heterocycles. The van der Waals surface area contributed by atoms with Gasteiger partial charge in [-0.1, -0.05) is 53.8 Å². The Balaban J connectivity index is 1.11. The van der Waals surface area contributed by atoms with Crippen molar-refractivity contribution in [3.05, 3.63) is 109 Å². The molecule has 47 heavy (non-hydrogen) atoms. The summed E-state index contributed by atoms with van der Waals surface area (Å²) in [5, 5.41) is 35.3. The highest BCUT2D eigenvalue weighted by Crippen LogP contribution is 2.26. The molecule has 0 bridgehead atoms. The zero-order chi connectivity index (χ0) is 33.6. The van der Waals surface area contributed by atoms with Gasteiger partial charge >= 0.3 is 0 Å². The lowest BCUT2D eigenvalue weighted by molar-refractivity contribution is 0.0311. The third-order valence-electron chi connectivity index (χ3n) is 7.33. The zero-order valence-electron chi connectivity index (χ0n) is 25.6. The van der Waals surface area contributed by atoms with Crippen molar-refractivity contribution < 1.29 is 28.7 Å². The Morgan fingerprint density at radius 1 is 1.02 bits per heavy atom. The summed E-state index contributed by atoms with van der Waals surface area (Å²) in [6.45, 7) is 5.01. The fourth-order valence-corrected chi connectivity index (χ4v) is 6.32. The van der Waals surface area contributed by atoms with Crippen molar-refractivity contribution in [2.45, 2.75) is 43.4 Å². The van der Waals surface area contributed by atoms with Gasteiger partial charge in [0.25, 0.3) is 15.9 Å². The lowest BCUT2D eigenvalue weighted by Gasteiger charge is -2.28. The molecule has 0 fully saturated rings. The van der Waals surface area contributed by atoms with Gasteiger partial charge in [0.15, 0.2) is 10.1 Å². The number of aliphatic hydroxyl groups excluding tert-OH is 1. The van der Waals surface area contributed by atoms with Crippen molar-refractivity contribution in [3.63, 3.8) is 0 Å². The first kappa shape index (κ1) is 33.7. The number of thiazole rings is 1. The van der Waals surface area contributed by atoms with Gasteiger partial charge in [0.1, 0.15) is 0 Å². The number of carbonyl (C=O) groups excluding carboxylic acids is 1. The van der Waals surface area contributed by atoms with Crippen LogP contribution in [0.1, 0.15) is 42.3 Å². The van der Waals surface area contributed by atoms with Crippen LogP contribution in [-0.4, -0.2) is 56.5 Å². The molecule has 13 nitrogen and oxygen atoms in total. The van der Waals surface area contributed by atoms with Crippen molar-refractivity contribution in [2.75, 3.05) is 21.8 Å². The average molecular weight is 678 g/mol. The number of aromatic nitrogens is 3. The largest absolute Gasteiger partial charge is 0.387 e. The molecule has 0 spiro atoms. The van der Waals surface area contributed by atoms with Gasteiger partial charge in [-0.3, -0.25) is 25.2 Å². The summed E-state index contributed by atoms with van der Waals surface area (Å²) < 4.78 is 29.9. The van der Waals surface area contributed by atoms with Crippen LogP contribution >= 0.6 is 11.3 Å². The molecule has 0 saturated heterocycles. The summed E-state index contributed by atoms with van der Waals surface area (Å²) in [6, 6.07) is 21.8. The van der Waals surface area contributed by atoms with Gasteiger partial charge in [0.2, 0.25) is 0 Å². The van der Waals surface area contributed by atoms with Crippen molar-refractivity contribution in [1.82, 2.24) is 19.9 Å². The molecule has 15 heteroatoms. The van der Waals surface area contributed by atoms with Crippen LogP contribution in [0.3, 0.4) is 0 Å². The fraction of sp³-hybridized carbons (Fsp3) is 0.219. The SMILES string of the molecule is CC(C)(CCn1cnc(-c2ccc(C(=O)Nc3ncc(N(O)O)s3)cc2)c1)NC[C@H](O)c1cccc(NS(=O)(=O)c2ccccc2)c1. The number of hydrogen-bond donors (Lipinski definition) is 6. The Kier molecular flexibility index (Phi) is 10.3. The number of aryl methyl sites for hydroxylation is 1. The molecule has 5 aromatic rings. The van der Waals surface area contributed by atoms with Gasteiger partial charge in [-0.25, -0.2) is 18.4 Å². The van der Waals surface area contributed by atoms with E-state index in [-0.39, 0.29) is 38.2 Å². The van der Waals surface area contributed by atoms with Gasteiger partial charge in [0, 0.05) is 41.6 Å². The Hall–Kier alpha value is -4.64. The van der Waals surface area contributed by atoms with E-state index in [1.165, 1.54) is 18.3 Å². The number of carbonyl (C=O) groups is 1. The number of aliphatic hydroxyl groups is 1. The summed E-state index contributed by atoms with van der Waals surface area (Å²) in [6.07, 6.45) is 4.77. The highest BCUT2D eigenvalue weighted by Gasteiger charge is 2.21. The minimum atomic E-state index is -3.75. The highest BCUT2D eigenvalue weighted by atomic mass is 32.2. The maximum atomic E-state index is 12.7. The average Bonchev–Trinajstić information content (AvgIpc) is 3.74. The predicted octanol–water partition coefficient (Wildman–Crippen LogP) is 5.14. The van der Waals surface area contributed by atoms with Gasteiger partial charge in [-0.05, 0) is 62.2 Å². The molecule has 0 saturated carbocycles. The molecule has 246 valence electrons. The second-order valence-electron chi connectivity index (χ2n) is 11.4. The number of amides is 1. The topological polar surface area (TPSA) is 182 Å². The van der Waals surface area contributed by atoms with E-state index in [4.69, 9.17) is 10.4 Å². The third-order valence-corrected chi connectivity index (χ3v) is 9.61. The molecule has 0 unspecified atom stereocenters. The minimum absolute atomic E-state index is 0.0603. The van der Waals surface area contributed by atoms with Gasteiger partial charge in [0.05, 0.1) is 29.2 Å². The molecule has 0 aliphatic heterocycles. The molecule has 6 N–H and O–H groups in total. The van der Waals surface area contributed by atoms with Crippen molar-refractivity contribution in [1.29, 1.82) is 0 Å². The molecule has 0 radical (unpaired) electrons. The van der Waals surface area contributed by atoms with Crippen LogP contribution in [0, 0.1) is 0 Å². The lowest BCUT2D eigenvalue weighted by atomic mass is 9.99. The minimum Gasteiger partial charge on any atom is -0.387 e. The maximum Gasteiger partial charge on any atom is 0.261 e. The summed E-state index contributed by atoms with van der Waals surface area (Å²) >= 11 is 0.910. The maximum absolute atomic E-state index is 12.7. The molecule has 5 rings (SSSR count). The smallest absolute Gasteiger partial charge is 0.261 e. The number of nitrogens with one attached hydrogen (secondary N) is 3. The van der Waals surface area contributed by atoms with Crippen molar-refractivity contribution in [2.24, 2.45) is 0 Å². The van der Waals surface area contributed by atoms with Crippen LogP contribution in [0.5, 0.6) is 0 Å². The summed E-state index contributed by atoms with van der Waals surface area (Å²) in [7, 11) is -3.75. The van der Waals surface area contributed by atoms with E-state index in [0.29, 0.717) is 23.4 Å². The quantitative estimate of drug-likeness (QED) is 0.0862. The normalized spacial score (nSPS) is 12.4. The van der Waals surface area contributed by atoms with Crippen LogP contribution in [0.15, 0.2) is 102 Å². The first-order valence-corrected chi connectivity index (χ1v) is 16.9. The fourth-order valence-electron chi connectivity index (χ4n) is 4.62. The number of benzene rings is 3.